The van der Waals surface area contributed by atoms with E-state index in [0.717, 1.165) is 48.0 Å². The van der Waals surface area contributed by atoms with Crippen molar-refractivity contribution >= 4 is 133 Å². The van der Waals surface area contributed by atoms with Crippen LogP contribution in [-0.4, -0.2) is 203 Å². The lowest BCUT2D eigenvalue weighted by Gasteiger charge is -2.17. The number of allylic oxidation sites excluding steroid dienone is 2. The van der Waals surface area contributed by atoms with E-state index in [9.17, 15) is 39.0 Å². The van der Waals surface area contributed by atoms with Gasteiger partial charge in [-0.25, -0.2) is 0 Å². The third-order valence-electron chi connectivity index (χ3n) is 11.0. The van der Waals surface area contributed by atoms with Crippen molar-refractivity contribution in [3.05, 3.63) is 24.3 Å². The van der Waals surface area contributed by atoms with Crippen LogP contribution in [0, 0.1) is 23.7 Å². The molecule has 15 nitrogen and oxygen atoms in total. The number of aliphatic hydroxyl groups is 4. The summed E-state index contributed by atoms with van der Waals surface area (Å²) in [7, 11) is 0. The maximum absolute atomic E-state index is 11.9. The zero-order valence-corrected chi connectivity index (χ0v) is 56.4. The Labute approximate surface area is 521 Å². The molecular weight excluding hydrogens is 1170 g/mol. The summed E-state index contributed by atoms with van der Waals surface area (Å²) in [6.45, 7) is 25.5. The van der Waals surface area contributed by atoms with Crippen molar-refractivity contribution in [2.45, 2.75) is 144 Å². The van der Waals surface area contributed by atoms with Gasteiger partial charge < -0.3 is 44.1 Å². The molecule has 0 bridgehead atoms. The molecule has 0 saturated carbocycles. The highest BCUT2D eigenvalue weighted by molar-refractivity contribution is 8.02. The molecular formula is C56H110O15S8. The lowest BCUT2D eigenvalue weighted by atomic mass is 10.0. The van der Waals surface area contributed by atoms with E-state index in [2.05, 4.69) is 69.9 Å². The minimum Gasteiger partial charge on any atom is -0.463 e. The predicted molar refractivity (Wildman–Crippen MR) is 353 cm³/mol. The molecule has 0 saturated heterocycles. The lowest BCUT2D eigenvalue weighted by Crippen LogP contribution is -2.30. The minimum atomic E-state index is -0.786. The predicted octanol–water partition coefficient (Wildman–Crippen LogP) is 9.83. The average Bonchev–Trinajstić information content (AvgIpc) is 3.46. The molecule has 0 aromatic carbocycles. The number of ketones is 4. The Morgan fingerprint density at radius 3 is 1.18 bits per heavy atom. The molecule has 472 valence electrons. The van der Waals surface area contributed by atoms with E-state index >= 15 is 0 Å². The van der Waals surface area contributed by atoms with Crippen LogP contribution in [0.25, 0.3) is 0 Å². The highest BCUT2D eigenvalue weighted by Crippen LogP contribution is 2.15. The second kappa shape index (κ2) is 63.6. The van der Waals surface area contributed by atoms with E-state index in [1.54, 1.807) is 32.5 Å². The number of ether oxygens (including phenoxy) is 5. The molecule has 0 heterocycles. The standard InChI is InChI=1S/C19H36O6S2.C17H32O4S2.C14H22O3.C4H10O2S2.C2H6S2.2H2/c1-5-14(2)16(20)7-6-8-24-9-10-25-19(23)15(3)11-27-13-18(22)17(21)12-26-4;1-5-14(2)16(18)7-6-8-20-9-10-21-17(19)15(3)13-23-12-11-22-4;1-11(2)13(15)7-5-9-17-10-6-8-14(16)12(3)4;5-3(1-7)4(6)2-8;3-1-2-4;;/h14-15,17-18,21-22H,5-13H2,1-4H3;14-15H,5-13H2,1-4H3;1,3,5-10H2,2,4H3;3-8H,1-2H2;3-4H,1-2H2;2*1H/i;;;;;1+2D;1+2. The second-order valence-electron chi connectivity index (χ2n) is 18.5. The summed E-state index contributed by atoms with van der Waals surface area (Å²) in [4.78, 5) is 69.3. The van der Waals surface area contributed by atoms with Crippen molar-refractivity contribution in [2.24, 2.45) is 23.7 Å². The smallest absolute Gasteiger partial charge is 0.309 e. The van der Waals surface area contributed by atoms with Crippen LogP contribution in [0.1, 0.15) is 124 Å². The molecule has 0 aromatic rings. The maximum Gasteiger partial charge on any atom is 0.309 e. The van der Waals surface area contributed by atoms with E-state index in [1.165, 1.54) is 23.5 Å². The first-order chi connectivity index (χ1) is 38.4. The lowest BCUT2D eigenvalue weighted by molar-refractivity contribution is -0.149. The van der Waals surface area contributed by atoms with E-state index in [4.69, 9.17) is 36.9 Å². The highest BCUT2D eigenvalue weighted by atomic mass is 32.2. The first kappa shape index (κ1) is 85.1. The molecule has 4 N–H and O–H groups in total. The Balaban J connectivity index is -0.000000186. The number of thiol groups is 4. The summed E-state index contributed by atoms with van der Waals surface area (Å²) in [5.41, 5.74) is 1.19. The van der Waals surface area contributed by atoms with Gasteiger partial charge in [-0.15, -0.1) is 0 Å². The molecule has 79 heavy (non-hydrogen) atoms. The van der Waals surface area contributed by atoms with Crippen molar-refractivity contribution < 1.29 is 77.3 Å². The number of hydrogen-bond donors (Lipinski definition) is 8. The van der Waals surface area contributed by atoms with Gasteiger partial charge in [0.25, 0.3) is 0 Å². The Morgan fingerprint density at radius 2 is 0.848 bits per heavy atom. The van der Waals surface area contributed by atoms with E-state index < -0.39 is 24.4 Å². The molecule has 0 spiro atoms. The van der Waals surface area contributed by atoms with Gasteiger partial charge in [-0.2, -0.15) is 97.6 Å². The first-order valence-electron chi connectivity index (χ1n) is 28.2. The van der Waals surface area contributed by atoms with Crippen LogP contribution in [-0.2, 0) is 52.5 Å². The van der Waals surface area contributed by atoms with Gasteiger partial charge in [-0.05, 0) is 87.5 Å². The summed E-state index contributed by atoms with van der Waals surface area (Å²) in [5, 5.41) is 36.9. The van der Waals surface area contributed by atoms with Gasteiger partial charge in [-0.3, -0.25) is 28.8 Å². The molecule has 23 heteroatoms. The Morgan fingerprint density at radius 1 is 0.494 bits per heavy atom. The van der Waals surface area contributed by atoms with E-state index in [1.807, 2.05) is 52.6 Å². The van der Waals surface area contributed by atoms with Crippen LogP contribution in [0.3, 0.4) is 0 Å². The topological polar surface area (TPSA) is 229 Å². The van der Waals surface area contributed by atoms with Crippen molar-refractivity contribution in [3.8, 4) is 0 Å². The molecule has 0 aliphatic carbocycles. The zero-order valence-electron chi connectivity index (χ0n) is 51.5. The largest absolute Gasteiger partial charge is 0.463 e. The third-order valence-corrected chi connectivity index (χ3v) is 16.6. The van der Waals surface area contributed by atoms with Gasteiger partial charge in [0.15, 0.2) is 11.6 Å². The Bertz CT molecular complexity index is 1510. The molecule has 0 radical (unpaired) electrons. The fourth-order valence-corrected chi connectivity index (χ4v) is 9.21. The summed E-state index contributed by atoms with van der Waals surface area (Å²) in [6.07, 6.45) is 7.61. The third kappa shape index (κ3) is 60.5. The summed E-state index contributed by atoms with van der Waals surface area (Å²) in [5.74, 6) is 6.90. The van der Waals surface area contributed by atoms with Crippen molar-refractivity contribution in [3.63, 3.8) is 0 Å². The summed E-state index contributed by atoms with van der Waals surface area (Å²) < 4.78 is 36.5. The number of carbonyl (C=O) groups excluding carboxylic acids is 6. The van der Waals surface area contributed by atoms with Crippen LogP contribution in [0.5, 0.6) is 0 Å². The first-order valence-corrected chi connectivity index (χ1v) is 34.8. The number of rotatable bonds is 46. The number of hydrogen-bond acceptors (Lipinski definition) is 23. The second-order valence-corrected chi connectivity index (χ2v) is 24.2. The summed E-state index contributed by atoms with van der Waals surface area (Å²) in [6, 6.07) is 0. The van der Waals surface area contributed by atoms with Gasteiger partial charge in [0.05, 0.1) is 49.5 Å². The number of esters is 2. The molecule has 0 amide bonds. The van der Waals surface area contributed by atoms with Crippen molar-refractivity contribution in [1.82, 2.24) is 0 Å². The van der Waals surface area contributed by atoms with E-state index in [0.29, 0.717) is 119 Å². The summed E-state index contributed by atoms with van der Waals surface area (Å²) >= 11 is 21.7. The van der Waals surface area contributed by atoms with Crippen molar-refractivity contribution in [1.29, 1.82) is 0 Å². The van der Waals surface area contributed by atoms with Crippen molar-refractivity contribution in [2.75, 3.05) is 123 Å². The Hall–Kier alpha value is -0.380. The van der Waals surface area contributed by atoms with Gasteiger partial charge in [0.1, 0.15) is 24.8 Å². The molecule has 0 aromatic heterocycles. The van der Waals surface area contributed by atoms with Crippen LogP contribution in [0.15, 0.2) is 24.3 Å². The minimum absolute atomic E-state index is 0. The normalized spacial score (nSPS) is 13.8. The number of carbonyl (C=O) groups is 6. The van der Waals surface area contributed by atoms with Crippen LogP contribution >= 0.6 is 97.6 Å². The van der Waals surface area contributed by atoms with Crippen LogP contribution in [0.4, 0.5) is 0 Å². The van der Waals surface area contributed by atoms with Crippen LogP contribution in [0.2, 0.25) is 0 Å². The quantitative estimate of drug-likeness (QED) is 0.0123. The molecule has 0 fully saturated rings. The van der Waals surface area contributed by atoms with Gasteiger partial charge >= 0.3 is 11.9 Å². The molecule has 0 aliphatic rings. The monoisotopic (exact) mass is 1280 g/mol. The number of aliphatic hydroxyl groups excluding tert-OH is 4. The maximum atomic E-state index is 11.9. The number of thioether (sulfide) groups is 4. The van der Waals surface area contributed by atoms with Gasteiger partial charge in [-0.1, -0.05) is 54.7 Å². The average molecular weight is 1290 g/mol. The molecule has 8 atom stereocenters. The molecule has 0 aliphatic heterocycles. The van der Waals surface area contributed by atoms with Gasteiger partial charge in [0, 0.05) is 114 Å². The van der Waals surface area contributed by atoms with Gasteiger partial charge in [0.2, 0.25) is 0 Å². The Kier molecular flexibility index (Phi) is 68.5. The SMILES string of the molecule is C=C(C)C(=O)CCCOCCCC(=O)C(=C)C.CCC(C)C(=O)CCCOCCOC(=O)C(C)CSCC(O)C(O)CSC.CCC(C)C(=O)CCCOCCOC(=O)C(C)CSCCSC.OC(CS)C(O)CS.SCCS.[2H][3H].[3HH]. The highest BCUT2D eigenvalue weighted by Gasteiger charge is 2.20. The fraction of sp³-hybridized carbons (Fsp3) is 0.821. The molecule has 0 rings (SSSR count). The molecule has 8 unspecified atom stereocenters. The number of Topliss-reactive ketones (excluding diaryl/α,β-unsaturated/α-hetero) is 4. The van der Waals surface area contributed by atoms with Crippen LogP contribution < -0.4 is 0 Å². The van der Waals surface area contributed by atoms with E-state index in [-0.39, 0.29) is 79.1 Å². The fourth-order valence-electron chi connectivity index (χ4n) is 5.27. The zero-order chi connectivity index (χ0) is 63.4.